The van der Waals surface area contributed by atoms with Crippen LogP contribution in [0.4, 0.5) is 22.0 Å². The van der Waals surface area contributed by atoms with Crippen LogP contribution in [0.2, 0.25) is 0 Å². The van der Waals surface area contributed by atoms with Crippen molar-refractivity contribution in [1.82, 2.24) is 9.88 Å². The molecule has 4 bridgehead atoms. The molecular formula is C33H29F5N2O5. The lowest BCUT2D eigenvalue weighted by Crippen LogP contribution is -2.42. The second-order valence-corrected chi connectivity index (χ2v) is 10.9. The molecule has 0 radical (unpaired) electrons. The number of fused-ring (bicyclic) bond motifs is 6. The number of hydrogen-bond acceptors (Lipinski definition) is 5. The minimum absolute atomic E-state index is 0.0485. The third-order valence-corrected chi connectivity index (χ3v) is 7.84. The number of carbonyl (C=O) groups is 1. The number of carbonyl (C=O) groups excluding carboxylic acids is 1. The lowest BCUT2D eigenvalue weighted by molar-refractivity contribution is -0.138. The predicted molar refractivity (Wildman–Crippen MR) is 155 cm³/mol. The first kappa shape index (κ1) is 31.9. The maximum atomic E-state index is 15.7. The van der Waals surface area contributed by atoms with E-state index in [1.807, 2.05) is 0 Å². The quantitative estimate of drug-likeness (QED) is 0.184. The van der Waals surface area contributed by atoms with E-state index < -0.39 is 70.8 Å². The summed E-state index contributed by atoms with van der Waals surface area (Å²) in [6.45, 7) is 4.62. The summed E-state index contributed by atoms with van der Waals surface area (Å²) in [5, 5.41) is 22.3. The van der Waals surface area contributed by atoms with Gasteiger partial charge < -0.3 is 20.3 Å². The van der Waals surface area contributed by atoms with Crippen molar-refractivity contribution in [2.24, 2.45) is 0 Å². The van der Waals surface area contributed by atoms with E-state index in [0.29, 0.717) is 27.5 Å². The fourth-order valence-corrected chi connectivity index (χ4v) is 5.76. The summed E-state index contributed by atoms with van der Waals surface area (Å²) in [6.07, 6.45) is -7.12. The van der Waals surface area contributed by atoms with E-state index in [2.05, 4.69) is 5.32 Å². The molecule has 2 atom stereocenters. The van der Waals surface area contributed by atoms with Gasteiger partial charge in [-0.2, -0.15) is 13.2 Å². The second-order valence-electron chi connectivity index (χ2n) is 10.9. The number of pyridine rings is 1. The first-order valence-electron chi connectivity index (χ1n) is 14.1. The van der Waals surface area contributed by atoms with E-state index in [-0.39, 0.29) is 23.3 Å². The molecule has 3 aromatic carbocycles. The maximum absolute atomic E-state index is 15.7. The van der Waals surface area contributed by atoms with Crippen molar-refractivity contribution in [3.05, 3.63) is 116 Å². The molecule has 236 valence electrons. The van der Waals surface area contributed by atoms with Crippen molar-refractivity contribution < 1.29 is 41.7 Å². The molecule has 7 nitrogen and oxygen atoms in total. The van der Waals surface area contributed by atoms with Crippen LogP contribution in [0.25, 0.3) is 11.1 Å². The second kappa shape index (κ2) is 12.1. The molecule has 0 aliphatic carbocycles. The zero-order valence-corrected chi connectivity index (χ0v) is 24.4. The molecule has 0 spiro atoms. The zero-order valence-electron chi connectivity index (χ0n) is 24.4. The van der Waals surface area contributed by atoms with Gasteiger partial charge in [-0.3, -0.25) is 14.2 Å². The third kappa shape index (κ3) is 6.07. The summed E-state index contributed by atoms with van der Waals surface area (Å²) in [5.41, 5.74) is -1.68. The highest BCUT2D eigenvalue weighted by atomic mass is 19.4. The van der Waals surface area contributed by atoms with E-state index in [4.69, 9.17) is 4.74 Å². The Morgan fingerprint density at radius 2 is 1.71 bits per heavy atom. The first-order valence-corrected chi connectivity index (χ1v) is 14.1. The molecule has 0 unspecified atom stereocenters. The van der Waals surface area contributed by atoms with E-state index >= 15 is 8.78 Å². The number of amides is 1. The van der Waals surface area contributed by atoms with Gasteiger partial charge in [-0.15, -0.1) is 0 Å². The summed E-state index contributed by atoms with van der Waals surface area (Å²) in [6, 6.07) is 8.88. The Kier molecular flexibility index (Phi) is 8.56. The van der Waals surface area contributed by atoms with Crippen molar-refractivity contribution in [2.45, 2.75) is 58.2 Å². The largest absolute Gasteiger partial charge is 0.457 e. The Morgan fingerprint density at radius 3 is 2.38 bits per heavy atom. The topological polar surface area (TPSA) is 101 Å². The first-order chi connectivity index (χ1) is 21.2. The summed E-state index contributed by atoms with van der Waals surface area (Å²) in [4.78, 5) is 27.6. The summed E-state index contributed by atoms with van der Waals surface area (Å²) < 4.78 is 79.4. The average Bonchev–Trinajstić information content (AvgIpc) is 2.96. The van der Waals surface area contributed by atoms with Crippen LogP contribution in [0.15, 0.2) is 65.6 Å². The average molecular weight is 629 g/mol. The number of nitrogens with one attached hydrogen (secondary N) is 1. The normalized spacial score (nSPS) is 16.6. The van der Waals surface area contributed by atoms with Crippen molar-refractivity contribution in [3.8, 4) is 22.6 Å². The van der Waals surface area contributed by atoms with Gasteiger partial charge in [-0.25, -0.2) is 8.78 Å². The zero-order chi connectivity index (χ0) is 32.8. The van der Waals surface area contributed by atoms with E-state index in [1.54, 1.807) is 31.2 Å². The number of aryl methyl sites for hydroxylation is 2. The number of aromatic nitrogens is 1. The minimum Gasteiger partial charge on any atom is -0.457 e. The number of aliphatic hydroxyl groups is 2. The molecule has 1 aromatic heterocycles. The van der Waals surface area contributed by atoms with E-state index in [9.17, 15) is 33.0 Å². The Bertz CT molecular complexity index is 1850. The lowest BCUT2D eigenvalue weighted by atomic mass is 9.92. The van der Waals surface area contributed by atoms with Crippen molar-refractivity contribution >= 4 is 5.91 Å². The van der Waals surface area contributed by atoms with Gasteiger partial charge >= 0.3 is 6.18 Å². The number of benzene rings is 3. The molecule has 0 fully saturated rings. The number of aliphatic hydroxyl groups excluding tert-OH is 1. The van der Waals surface area contributed by atoms with Crippen LogP contribution in [0.1, 0.15) is 58.8 Å². The number of nitrogens with zero attached hydrogens (tertiary/aromatic N) is 1. The number of rotatable bonds is 4. The van der Waals surface area contributed by atoms with Crippen LogP contribution in [0.5, 0.6) is 11.5 Å². The predicted octanol–water partition coefficient (Wildman–Crippen LogP) is 6.24. The van der Waals surface area contributed by atoms with Crippen LogP contribution in [0.3, 0.4) is 0 Å². The number of alkyl halides is 3. The fourth-order valence-electron chi connectivity index (χ4n) is 5.76. The molecule has 2 heterocycles. The standard InChI is InChI=1S/C33H29F5N2O5/c1-4-20-23(33(36,37)38)10-11-40(32(20)44)30-21-14-19(8-9-24(21)34)45-26-7-5-6-16(2)28(26)18-12-17(3)29(35)22(13-18)25(15-27(41)42)39-31(30)43/h5-14,25,27,30,41-42H,4,15H2,1-3H3,(H,39,43)/t25-,30+/m0/s1. The summed E-state index contributed by atoms with van der Waals surface area (Å²) in [7, 11) is 0. The summed E-state index contributed by atoms with van der Waals surface area (Å²) in [5.74, 6) is -2.52. The molecule has 0 saturated heterocycles. The van der Waals surface area contributed by atoms with Gasteiger partial charge in [0.2, 0.25) is 5.91 Å². The maximum Gasteiger partial charge on any atom is 0.416 e. The van der Waals surface area contributed by atoms with Gasteiger partial charge in [0, 0.05) is 34.9 Å². The molecule has 1 aliphatic heterocycles. The van der Waals surface area contributed by atoms with Crippen LogP contribution in [-0.2, 0) is 17.4 Å². The van der Waals surface area contributed by atoms with Gasteiger partial charge in [0.25, 0.3) is 5.56 Å². The highest BCUT2D eigenvalue weighted by molar-refractivity contribution is 5.85. The van der Waals surface area contributed by atoms with E-state index in [1.165, 1.54) is 26.0 Å². The van der Waals surface area contributed by atoms with Crippen LogP contribution in [0, 0.1) is 25.5 Å². The van der Waals surface area contributed by atoms with Gasteiger partial charge in [0.05, 0.1) is 11.6 Å². The number of hydrogen-bond donors (Lipinski definition) is 3. The van der Waals surface area contributed by atoms with Gasteiger partial charge in [0.15, 0.2) is 6.29 Å². The molecule has 1 amide bonds. The molecule has 12 heteroatoms. The van der Waals surface area contributed by atoms with Crippen molar-refractivity contribution in [2.75, 3.05) is 0 Å². The van der Waals surface area contributed by atoms with Crippen LogP contribution >= 0.6 is 0 Å². The molecule has 45 heavy (non-hydrogen) atoms. The molecule has 4 aromatic rings. The van der Waals surface area contributed by atoms with Crippen molar-refractivity contribution in [1.29, 1.82) is 0 Å². The summed E-state index contributed by atoms with van der Waals surface area (Å²) >= 11 is 0. The molecule has 0 saturated carbocycles. The smallest absolute Gasteiger partial charge is 0.416 e. The molecule has 3 N–H and O–H groups in total. The number of halogens is 5. The van der Waals surface area contributed by atoms with Crippen LogP contribution in [-0.4, -0.2) is 27.0 Å². The highest BCUT2D eigenvalue weighted by Crippen LogP contribution is 2.40. The van der Waals surface area contributed by atoms with Gasteiger partial charge in [0.1, 0.15) is 29.2 Å². The monoisotopic (exact) mass is 628 g/mol. The van der Waals surface area contributed by atoms with E-state index in [0.717, 1.165) is 23.9 Å². The third-order valence-electron chi connectivity index (χ3n) is 7.84. The fraction of sp³-hybridized carbons (Fsp3) is 0.273. The minimum atomic E-state index is -4.87. The Labute approximate surface area is 254 Å². The Balaban J connectivity index is 1.83. The van der Waals surface area contributed by atoms with Gasteiger partial charge in [-0.1, -0.05) is 19.1 Å². The SMILES string of the molecule is CCc1c(C(F)(F)F)ccn([C@H]2C(=O)N[C@@H](CC(O)O)c3cc(cc(C)c3F)-c3c(C)cccc3Oc3ccc(F)c2c3)c1=O. The van der Waals surface area contributed by atoms with Crippen LogP contribution < -0.4 is 15.6 Å². The lowest BCUT2D eigenvalue weighted by Gasteiger charge is -2.27. The highest BCUT2D eigenvalue weighted by Gasteiger charge is 2.37. The molecule has 5 rings (SSSR count). The van der Waals surface area contributed by atoms with Gasteiger partial charge in [-0.05, 0) is 79.4 Å². The Morgan fingerprint density at radius 1 is 0.978 bits per heavy atom. The number of ether oxygens (including phenoxy) is 1. The Hall–Kier alpha value is -4.55. The molecular weight excluding hydrogens is 599 g/mol. The van der Waals surface area contributed by atoms with Crippen molar-refractivity contribution in [3.63, 3.8) is 0 Å². The molecule has 1 aliphatic rings.